The molecule has 7 heteroatoms. The highest BCUT2D eigenvalue weighted by Crippen LogP contribution is 2.23. The molecule has 1 aromatic carbocycles. The van der Waals surface area contributed by atoms with Crippen LogP contribution in [-0.2, 0) is 9.59 Å². The van der Waals surface area contributed by atoms with E-state index in [-0.39, 0.29) is 0 Å². The molecule has 20 heavy (non-hydrogen) atoms. The minimum atomic E-state index is -1.35. The summed E-state index contributed by atoms with van der Waals surface area (Å²) >= 11 is 12.9. The summed E-state index contributed by atoms with van der Waals surface area (Å²) in [7, 11) is 0. The second kappa shape index (κ2) is 7.53. The Morgan fingerprint density at radius 3 is 2.30 bits per heavy atom. The number of anilines is 1. The van der Waals surface area contributed by atoms with E-state index in [4.69, 9.17) is 28.5 Å². The fourth-order valence-corrected chi connectivity index (χ4v) is 2.34. The van der Waals surface area contributed by atoms with Gasteiger partial charge in [-0.15, -0.1) is 0 Å². The summed E-state index contributed by atoms with van der Waals surface area (Å²) in [5.74, 6) is -2.46. The number of ketones is 1. The van der Waals surface area contributed by atoms with Crippen molar-refractivity contribution in [3.8, 4) is 6.07 Å². The molecule has 0 aliphatic carbocycles. The third-order valence-electron chi connectivity index (χ3n) is 2.56. The smallest absolute Gasteiger partial charge is 0.249 e. The Hall–Kier alpha value is -1.22. The van der Waals surface area contributed by atoms with Crippen LogP contribution in [0.25, 0.3) is 0 Å². The van der Waals surface area contributed by atoms with Gasteiger partial charge in [-0.05, 0) is 31.4 Å². The lowest BCUT2D eigenvalue weighted by Gasteiger charge is -2.13. The van der Waals surface area contributed by atoms with Gasteiger partial charge in [-0.2, -0.15) is 17.0 Å². The Bertz CT molecular complexity index is 552. The van der Waals surface area contributed by atoms with Gasteiger partial charge in [0.15, 0.2) is 11.7 Å². The molecule has 0 spiro atoms. The van der Waals surface area contributed by atoms with Crippen LogP contribution in [-0.4, -0.2) is 23.2 Å². The largest absolute Gasteiger partial charge is 0.324 e. The topological polar surface area (TPSA) is 70.0 Å². The summed E-state index contributed by atoms with van der Waals surface area (Å²) in [6.45, 7) is 1.65. The number of nitrogens with one attached hydrogen (secondary N) is 1. The quantitative estimate of drug-likeness (QED) is 0.840. The van der Waals surface area contributed by atoms with Crippen molar-refractivity contribution in [2.45, 2.75) is 12.2 Å². The first kappa shape index (κ1) is 16.8. The molecule has 1 rings (SSSR count). The van der Waals surface area contributed by atoms with Gasteiger partial charge in [-0.1, -0.05) is 23.2 Å². The Labute approximate surface area is 131 Å². The van der Waals surface area contributed by atoms with Crippen molar-refractivity contribution in [1.29, 1.82) is 5.26 Å². The van der Waals surface area contributed by atoms with E-state index < -0.39 is 22.9 Å². The van der Waals surface area contributed by atoms with Crippen LogP contribution >= 0.6 is 35.0 Å². The van der Waals surface area contributed by atoms with Crippen LogP contribution in [0.4, 0.5) is 5.69 Å². The number of nitrogens with zero attached hydrogens (tertiary/aromatic N) is 1. The van der Waals surface area contributed by atoms with E-state index in [9.17, 15) is 9.59 Å². The van der Waals surface area contributed by atoms with Crippen LogP contribution in [0, 0.1) is 17.2 Å². The number of hydrogen-bond donors (Lipinski definition) is 1. The second-order valence-corrected chi connectivity index (χ2v) is 6.04. The Morgan fingerprint density at radius 1 is 1.30 bits per heavy atom. The molecule has 0 aromatic heterocycles. The minimum absolute atomic E-state index is 0.345. The standard InChI is InChI=1S/C13H12Cl2N2O2S/c1-7(20-2)12(18)11(6-16)13(19)17-10-4-8(14)3-9(15)5-10/h3-5,7,11H,1-2H3,(H,17,19)/t7-,11+/m0/s1. The predicted octanol–water partition coefficient (Wildman–Crippen LogP) is 3.39. The molecule has 0 aliphatic heterocycles. The van der Waals surface area contributed by atoms with Gasteiger partial charge in [0.05, 0.1) is 11.3 Å². The number of rotatable bonds is 5. The van der Waals surface area contributed by atoms with Gasteiger partial charge >= 0.3 is 0 Å². The van der Waals surface area contributed by atoms with Crippen LogP contribution in [0.3, 0.4) is 0 Å². The number of hydrogen-bond acceptors (Lipinski definition) is 4. The second-order valence-electron chi connectivity index (χ2n) is 3.99. The number of halogens is 2. The molecule has 2 atom stereocenters. The van der Waals surface area contributed by atoms with E-state index in [0.717, 1.165) is 0 Å². The highest BCUT2D eigenvalue weighted by atomic mass is 35.5. The van der Waals surface area contributed by atoms with Gasteiger partial charge in [0, 0.05) is 15.7 Å². The lowest BCUT2D eigenvalue weighted by atomic mass is 10.0. The van der Waals surface area contributed by atoms with Crippen molar-refractivity contribution < 1.29 is 9.59 Å². The molecule has 0 fully saturated rings. The number of thioether (sulfide) groups is 1. The monoisotopic (exact) mass is 330 g/mol. The van der Waals surface area contributed by atoms with Crippen LogP contribution in [0.15, 0.2) is 18.2 Å². The van der Waals surface area contributed by atoms with E-state index in [1.54, 1.807) is 19.2 Å². The fourth-order valence-electron chi connectivity index (χ4n) is 1.44. The first-order chi connectivity index (χ1) is 9.38. The van der Waals surface area contributed by atoms with E-state index in [0.29, 0.717) is 15.7 Å². The van der Waals surface area contributed by atoms with E-state index in [2.05, 4.69) is 5.32 Å². The number of benzene rings is 1. The third-order valence-corrected chi connectivity index (χ3v) is 3.94. The molecule has 0 saturated carbocycles. The normalized spacial score (nSPS) is 13.2. The average Bonchev–Trinajstić information content (AvgIpc) is 2.37. The molecule has 1 N–H and O–H groups in total. The zero-order valence-electron chi connectivity index (χ0n) is 10.8. The maximum atomic E-state index is 12.0. The summed E-state index contributed by atoms with van der Waals surface area (Å²) < 4.78 is 0. The molecule has 106 valence electrons. The predicted molar refractivity (Wildman–Crippen MR) is 82.2 cm³/mol. The maximum absolute atomic E-state index is 12.0. The minimum Gasteiger partial charge on any atom is -0.324 e. The summed E-state index contributed by atoms with van der Waals surface area (Å²) in [6, 6.07) is 6.22. The molecule has 1 amide bonds. The third kappa shape index (κ3) is 4.41. The number of amides is 1. The molecule has 1 aromatic rings. The van der Waals surface area contributed by atoms with Crippen molar-refractivity contribution in [2.24, 2.45) is 5.92 Å². The summed E-state index contributed by atoms with van der Waals surface area (Å²) in [6.07, 6.45) is 1.74. The number of carbonyl (C=O) groups is 2. The Morgan fingerprint density at radius 2 is 1.85 bits per heavy atom. The molecule has 0 heterocycles. The summed E-state index contributed by atoms with van der Waals surface area (Å²) in [5.41, 5.74) is 0.345. The first-order valence-electron chi connectivity index (χ1n) is 5.62. The Balaban J connectivity index is 2.88. The van der Waals surface area contributed by atoms with Crippen LogP contribution in [0.2, 0.25) is 10.0 Å². The highest BCUT2D eigenvalue weighted by Gasteiger charge is 2.30. The van der Waals surface area contributed by atoms with Gasteiger partial charge in [0.25, 0.3) is 0 Å². The molecule has 0 bridgehead atoms. The van der Waals surface area contributed by atoms with E-state index >= 15 is 0 Å². The highest BCUT2D eigenvalue weighted by molar-refractivity contribution is 7.99. The zero-order valence-corrected chi connectivity index (χ0v) is 13.1. The van der Waals surface area contributed by atoms with Crippen molar-refractivity contribution in [2.75, 3.05) is 11.6 Å². The average molecular weight is 331 g/mol. The van der Waals surface area contributed by atoms with E-state index in [1.165, 1.54) is 30.0 Å². The Kier molecular flexibility index (Phi) is 6.34. The van der Waals surface area contributed by atoms with Gasteiger partial charge in [0.2, 0.25) is 5.91 Å². The van der Waals surface area contributed by atoms with Gasteiger partial charge in [0.1, 0.15) is 0 Å². The van der Waals surface area contributed by atoms with Gasteiger partial charge < -0.3 is 5.32 Å². The summed E-state index contributed by atoms with van der Waals surface area (Å²) in [5, 5.41) is 11.8. The van der Waals surface area contributed by atoms with Crippen LogP contribution in [0.5, 0.6) is 0 Å². The molecular formula is C13H12Cl2N2O2S. The molecular weight excluding hydrogens is 319 g/mol. The van der Waals surface area contributed by atoms with Crippen molar-refractivity contribution in [3.05, 3.63) is 28.2 Å². The number of Topliss-reactive ketones (excluding diaryl/α,β-unsaturated/α-hetero) is 1. The van der Waals surface area contributed by atoms with Crippen molar-refractivity contribution >= 4 is 52.3 Å². The molecule has 0 unspecified atom stereocenters. The maximum Gasteiger partial charge on any atom is 0.249 e. The lowest BCUT2D eigenvalue weighted by Crippen LogP contribution is -2.33. The van der Waals surface area contributed by atoms with E-state index in [1.807, 2.05) is 0 Å². The first-order valence-corrected chi connectivity index (χ1v) is 7.66. The van der Waals surface area contributed by atoms with Crippen LogP contribution < -0.4 is 5.32 Å². The summed E-state index contributed by atoms with van der Waals surface area (Å²) in [4.78, 5) is 23.9. The molecule has 4 nitrogen and oxygen atoms in total. The molecule has 0 aliphatic rings. The lowest BCUT2D eigenvalue weighted by molar-refractivity contribution is -0.128. The number of nitriles is 1. The van der Waals surface area contributed by atoms with Crippen molar-refractivity contribution in [1.82, 2.24) is 0 Å². The van der Waals surface area contributed by atoms with Crippen LogP contribution in [0.1, 0.15) is 6.92 Å². The van der Waals surface area contributed by atoms with Gasteiger partial charge in [-0.3, -0.25) is 9.59 Å². The zero-order chi connectivity index (χ0) is 15.3. The number of carbonyl (C=O) groups excluding carboxylic acids is 2. The molecule has 0 radical (unpaired) electrons. The molecule has 0 saturated heterocycles. The fraction of sp³-hybridized carbons (Fsp3) is 0.308. The SMILES string of the molecule is CS[C@@H](C)C(=O)[C@@H](C#N)C(=O)Nc1cc(Cl)cc(Cl)c1. The van der Waals surface area contributed by atoms with Gasteiger partial charge in [-0.25, -0.2) is 0 Å². The van der Waals surface area contributed by atoms with Crippen molar-refractivity contribution in [3.63, 3.8) is 0 Å².